The van der Waals surface area contributed by atoms with E-state index < -0.39 is 0 Å². The summed E-state index contributed by atoms with van der Waals surface area (Å²) in [5.74, 6) is -0.267. The summed E-state index contributed by atoms with van der Waals surface area (Å²) in [5, 5.41) is 4.67. The van der Waals surface area contributed by atoms with Crippen LogP contribution in [0.25, 0.3) is 10.9 Å². The molecule has 124 valence electrons. The van der Waals surface area contributed by atoms with E-state index in [0.29, 0.717) is 17.0 Å². The molecule has 5 heteroatoms. The molecule has 1 saturated carbocycles. The van der Waals surface area contributed by atoms with E-state index >= 15 is 0 Å². The Labute approximate surface area is 144 Å². The monoisotopic (exact) mass is 333 g/mol. The van der Waals surface area contributed by atoms with Crippen LogP contribution in [0.3, 0.4) is 0 Å². The molecule has 1 aromatic heterocycles. The number of nitrogens with zero attached hydrogens (tertiary/aromatic N) is 2. The normalized spacial score (nSPS) is 14.1. The predicted molar refractivity (Wildman–Crippen MR) is 95.2 cm³/mol. The summed E-state index contributed by atoms with van der Waals surface area (Å²) in [6.45, 7) is 0. The third-order valence-corrected chi connectivity index (χ3v) is 4.25. The summed E-state index contributed by atoms with van der Waals surface area (Å²) in [6.07, 6.45) is 3.52. The van der Waals surface area contributed by atoms with Gasteiger partial charge in [-0.05, 0) is 31.0 Å². The number of pyridine rings is 1. The van der Waals surface area contributed by atoms with Crippen LogP contribution >= 0.6 is 0 Å². The van der Waals surface area contributed by atoms with Gasteiger partial charge in [0.2, 0.25) is 0 Å². The van der Waals surface area contributed by atoms with Crippen LogP contribution in [-0.4, -0.2) is 17.1 Å². The zero-order valence-corrected chi connectivity index (χ0v) is 13.4. The summed E-state index contributed by atoms with van der Waals surface area (Å²) < 4.78 is 13.6. The first kappa shape index (κ1) is 15.4. The van der Waals surface area contributed by atoms with Crippen molar-refractivity contribution in [1.29, 1.82) is 0 Å². The maximum Gasteiger partial charge on any atom is 0.272 e. The molecule has 1 aliphatic carbocycles. The molecule has 4 rings (SSSR count). The number of para-hydroxylation sites is 1. The molecule has 1 fully saturated rings. The van der Waals surface area contributed by atoms with Gasteiger partial charge in [-0.3, -0.25) is 9.78 Å². The van der Waals surface area contributed by atoms with Crippen LogP contribution in [0.4, 0.5) is 4.39 Å². The van der Waals surface area contributed by atoms with Gasteiger partial charge in [0.1, 0.15) is 5.82 Å². The first-order valence-electron chi connectivity index (χ1n) is 8.20. The molecule has 0 atom stereocenters. The average Bonchev–Trinajstić information content (AvgIpc) is 3.47. The molecule has 25 heavy (non-hydrogen) atoms. The molecule has 0 unspecified atom stereocenters. The topological polar surface area (TPSA) is 54.4 Å². The molecule has 1 aliphatic rings. The highest BCUT2D eigenvalue weighted by molar-refractivity contribution is 6.06. The third kappa shape index (κ3) is 3.26. The van der Waals surface area contributed by atoms with Crippen LogP contribution in [-0.2, 0) is 0 Å². The van der Waals surface area contributed by atoms with Gasteiger partial charge in [0.25, 0.3) is 5.91 Å². The van der Waals surface area contributed by atoms with Crippen molar-refractivity contribution in [2.45, 2.75) is 18.8 Å². The van der Waals surface area contributed by atoms with Gasteiger partial charge in [-0.2, -0.15) is 5.10 Å². The van der Waals surface area contributed by atoms with E-state index in [4.69, 9.17) is 0 Å². The quantitative estimate of drug-likeness (QED) is 0.579. The lowest BCUT2D eigenvalue weighted by Crippen LogP contribution is -2.18. The number of rotatable bonds is 4. The molecule has 1 amide bonds. The van der Waals surface area contributed by atoms with E-state index in [2.05, 4.69) is 15.5 Å². The maximum absolute atomic E-state index is 13.6. The number of hydrogen-bond donors (Lipinski definition) is 1. The highest BCUT2D eigenvalue weighted by Crippen LogP contribution is 2.40. The Bertz CT molecular complexity index is 980. The summed E-state index contributed by atoms with van der Waals surface area (Å²) in [6, 6.07) is 15.7. The number of hydrazone groups is 1. The van der Waals surface area contributed by atoms with Gasteiger partial charge >= 0.3 is 0 Å². The van der Waals surface area contributed by atoms with Gasteiger partial charge in [-0.1, -0.05) is 36.4 Å². The van der Waals surface area contributed by atoms with Crippen molar-refractivity contribution in [1.82, 2.24) is 10.4 Å². The molecule has 3 aromatic rings. The largest absolute Gasteiger partial charge is 0.272 e. The first-order chi connectivity index (χ1) is 12.2. The van der Waals surface area contributed by atoms with E-state index in [9.17, 15) is 9.18 Å². The second-order valence-corrected chi connectivity index (χ2v) is 6.11. The molecule has 0 bridgehead atoms. The Kier molecular flexibility index (Phi) is 3.98. The van der Waals surface area contributed by atoms with Crippen LogP contribution in [0.1, 0.15) is 40.4 Å². The number of nitrogens with one attached hydrogen (secondary N) is 1. The molecule has 0 spiro atoms. The van der Waals surface area contributed by atoms with E-state index in [1.165, 1.54) is 12.3 Å². The van der Waals surface area contributed by atoms with Crippen LogP contribution < -0.4 is 5.43 Å². The van der Waals surface area contributed by atoms with Gasteiger partial charge in [-0.15, -0.1) is 0 Å². The number of hydrogen-bond acceptors (Lipinski definition) is 3. The fourth-order valence-electron chi connectivity index (χ4n) is 2.77. The summed E-state index contributed by atoms with van der Waals surface area (Å²) in [4.78, 5) is 17.2. The Balaban J connectivity index is 1.62. The van der Waals surface area contributed by atoms with Gasteiger partial charge < -0.3 is 0 Å². The van der Waals surface area contributed by atoms with E-state index in [1.807, 2.05) is 30.3 Å². The highest BCUT2D eigenvalue weighted by Gasteiger charge is 2.26. The van der Waals surface area contributed by atoms with Crippen molar-refractivity contribution in [3.8, 4) is 0 Å². The first-order valence-corrected chi connectivity index (χ1v) is 8.20. The van der Waals surface area contributed by atoms with Crippen molar-refractivity contribution in [3.63, 3.8) is 0 Å². The number of halogens is 1. The van der Waals surface area contributed by atoms with Crippen LogP contribution in [0, 0.1) is 5.82 Å². The Hall–Kier alpha value is -3.08. The number of fused-ring (bicyclic) bond motifs is 1. The molecule has 0 saturated heterocycles. The minimum Gasteiger partial charge on any atom is -0.267 e. The SMILES string of the molecule is O=C(NN=Cc1ccccc1F)c1cc(C2CC2)nc2ccccc12. The lowest BCUT2D eigenvalue weighted by Gasteiger charge is -2.08. The van der Waals surface area contributed by atoms with Crippen molar-refractivity contribution in [2.24, 2.45) is 5.10 Å². The molecular weight excluding hydrogens is 317 g/mol. The van der Waals surface area contributed by atoms with E-state index in [1.54, 1.807) is 18.2 Å². The van der Waals surface area contributed by atoms with E-state index in [-0.39, 0.29) is 11.7 Å². The van der Waals surface area contributed by atoms with Crippen LogP contribution in [0.15, 0.2) is 59.7 Å². The van der Waals surface area contributed by atoms with Gasteiger partial charge in [-0.25, -0.2) is 9.82 Å². The smallest absolute Gasteiger partial charge is 0.267 e. The third-order valence-electron chi connectivity index (χ3n) is 4.25. The van der Waals surface area contributed by atoms with Gasteiger partial charge in [0, 0.05) is 22.6 Å². The molecule has 1 heterocycles. The zero-order valence-electron chi connectivity index (χ0n) is 13.4. The maximum atomic E-state index is 13.6. The molecule has 4 nitrogen and oxygen atoms in total. The lowest BCUT2D eigenvalue weighted by atomic mass is 10.1. The molecule has 0 aliphatic heterocycles. The minimum atomic E-state index is -0.383. The lowest BCUT2D eigenvalue weighted by molar-refractivity contribution is 0.0956. The number of benzene rings is 2. The van der Waals surface area contributed by atoms with Crippen LogP contribution in [0.5, 0.6) is 0 Å². The van der Waals surface area contributed by atoms with Crippen LogP contribution in [0.2, 0.25) is 0 Å². The summed E-state index contributed by atoms with van der Waals surface area (Å²) in [7, 11) is 0. The van der Waals surface area contributed by atoms with E-state index in [0.717, 1.165) is 29.4 Å². The number of carbonyl (C=O) groups excluding carboxylic acids is 1. The fraction of sp³-hybridized carbons (Fsp3) is 0.150. The second kappa shape index (κ2) is 6.43. The highest BCUT2D eigenvalue weighted by atomic mass is 19.1. The van der Waals surface area contributed by atoms with Crippen molar-refractivity contribution < 1.29 is 9.18 Å². The van der Waals surface area contributed by atoms with Crippen molar-refractivity contribution >= 4 is 23.0 Å². The molecule has 0 radical (unpaired) electrons. The molecular formula is C20H16FN3O. The number of carbonyl (C=O) groups is 1. The number of amides is 1. The Morgan fingerprint density at radius 3 is 2.72 bits per heavy atom. The molecule has 2 aromatic carbocycles. The average molecular weight is 333 g/mol. The predicted octanol–water partition coefficient (Wildman–Crippen LogP) is 4.02. The number of aromatic nitrogens is 1. The van der Waals surface area contributed by atoms with Gasteiger partial charge in [0.05, 0.1) is 17.3 Å². The summed E-state index contributed by atoms with van der Waals surface area (Å²) in [5.41, 5.74) is 5.10. The Morgan fingerprint density at radius 1 is 1.16 bits per heavy atom. The second-order valence-electron chi connectivity index (χ2n) is 6.11. The van der Waals surface area contributed by atoms with Crippen molar-refractivity contribution in [3.05, 3.63) is 77.2 Å². The van der Waals surface area contributed by atoms with Crippen molar-refractivity contribution in [2.75, 3.05) is 0 Å². The molecule has 1 N–H and O–H groups in total. The standard InChI is InChI=1S/C20H16FN3O/c21-17-7-3-1-5-14(17)12-22-24-20(25)16-11-19(13-9-10-13)23-18-8-4-2-6-15(16)18/h1-8,11-13H,9-10H2,(H,24,25). The minimum absolute atomic E-state index is 0.320. The fourth-order valence-corrected chi connectivity index (χ4v) is 2.77. The van der Waals surface area contributed by atoms with Gasteiger partial charge in [0.15, 0.2) is 0 Å². The Morgan fingerprint density at radius 2 is 1.92 bits per heavy atom. The zero-order chi connectivity index (χ0) is 17.2. The summed E-state index contributed by atoms with van der Waals surface area (Å²) >= 11 is 0.